The lowest BCUT2D eigenvalue weighted by Gasteiger charge is -2.35. The molecule has 1 heterocycles. The molecule has 0 saturated heterocycles. The number of anilines is 1. The highest BCUT2D eigenvalue weighted by Crippen LogP contribution is 2.38. The van der Waals surface area contributed by atoms with Gasteiger partial charge in [0.25, 0.3) is 15.9 Å². The monoisotopic (exact) mass is 538 g/mol. The lowest BCUT2D eigenvalue weighted by atomic mass is 9.86. The fourth-order valence-electron chi connectivity index (χ4n) is 4.26. The van der Waals surface area contributed by atoms with Crippen molar-refractivity contribution in [2.24, 2.45) is 0 Å². The van der Waals surface area contributed by atoms with Gasteiger partial charge in [0.05, 0.1) is 30.8 Å². The van der Waals surface area contributed by atoms with Crippen LogP contribution in [0.4, 0.5) is 5.69 Å². The van der Waals surface area contributed by atoms with Gasteiger partial charge in [0, 0.05) is 0 Å². The molecular weight excluding hydrogens is 504 g/mol. The van der Waals surface area contributed by atoms with E-state index in [0.29, 0.717) is 17.2 Å². The van der Waals surface area contributed by atoms with Gasteiger partial charge >= 0.3 is 0 Å². The summed E-state index contributed by atoms with van der Waals surface area (Å²) in [5, 5.41) is 2.83. The topological polar surface area (TPSA) is 94.2 Å². The van der Waals surface area contributed by atoms with Crippen molar-refractivity contribution in [3.05, 3.63) is 77.9 Å². The third-order valence-corrected chi connectivity index (χ3v) is 8.07. The van der Waals surface area contributed by atoms with Crippen LogP contribution < -0.4 is 23.8 Å². The average Bonchev–Trinajstić information content (AvgIpc) is 2.89. The summed E-state index contributed by atoms with van der Waals surface area (Å²) < 4.78 is 45.5. The van der Waals surface area contributed by atoms with Crippen LogP contribution in [0.1, 0.15) is 31.9 Å². The van der Waals surface area contributed by atoms with Crippen LogP contribution in [0.15, 0.2) is 71.6 Å². The smallest absolute Gasteiger partial charge is 0.264 e. The molecule has 0 spiro atoms. The van der Waals surface area contributed by atoms with Crippen molar-refractivity contribution in [1.82, 2.24) is 5.32 Å². The Morgan fingerprint density at radius 2 is 1.79 bits per heavy atom. The Kier molecular flexibility index (Phi) is 7.87. The fraction of sp³-hybridized carbons (Fsp3) is 0.345. The number of sulfonamides is 1. The minimum atomic E-state index is -3.97. The quantitative estimate of drug-likeness (QED) is 0.426. The molecule has 1 amide bonds. The molecule has 38 heavy (non-hydrogen) atoms. The first kappa shape index (κ1) is 27.3. The largest absolute Gasteiger partial charge is 0.497 e. The summed E-state index contributed by atoms with van der Waals surface area (Å²) in [5.74, 6) is 1.24. The van der Waals surface area contributed by atoms with Crippen LogP contribution in [0.2, 0.25) is 0 Å². The van der Waals surface area contributed by atoms with Crippen LogP contribution in [0.25, 0.3) is 0 Å². The number of para-hydroxylation sites is 1. The number of hydrogen-bond acceptors (Lipinski definition) is 6. The van der Waals surface area contributed by atoms with Gasteiger partial charge in [-0.3, -0.25) is 9.10 Å². The first-order valence-corrected chi connectivity index (χ1v) is 13.9. The van der Waals surface area contributed by atoms with E-state index in [-0.39, 0.29) is 30.0 Å². The molecular formula is C29H34N2O6S. The molecule has 0 saturated carbocycles. The second-order valence-corrected chi connectivity index (χ2v) is 12.0. The predicted octanol–water partition coefficient (Wildman–Crippen LogP) is 4.45. The number of hydrogen-bond donors (Lipinski definition) is 1. The zero-order valence-corrected chi connectivity index (χ0v) is 23.2. The van der Waals surface area contributed by atoms with Crippen molar-refractivity contribution in [3.63, 3.8) is 0 Å². The van der Waals surface area contributed by atoms with E-state index in [4.69, 9.17) is 14.2 Å². The molecule has 1 atom stereocenters. The maximum absolute atomic E-state index is 13.6. The molecule has 0 aromatic heterocycles. The van der Waals surface area contributed by atoms with Gasteiger partial charge in [-0.15, -0.1) is 0 Å². The molecule has 0 radical (unpaired) electrons. The van der Waals surface area contributed by atoms with Crippen LogP contribution in [0.3, 0.4) is 0 Å². The number of amides is 1. The van der Waals surface area contributed by atoms with E-state index in [1.165, 1.54) is 23.5 Å². The summed E-state index contributed by atoms with van der Waals surface area (Å²) in [6.45, 7) is 8.55. The Morgan fingerprint density at radius 3 is 2.47 bits per heavy atom. The van der Waals surface area contributed by atoms with Crippen molar-refractivity contribution >= 4 is 21.6 Å². The Balaban J connectivity index is 1.48. The molecule has 3 aromatic rings. The summed E-state index contributed by atoms with van der Waals surface area (Å²) in [4.78, 5) is 13.2. The Bertz CT molecular complexity index is 1400. The van der Waals surface area contributed by atoms with Crippen LogP contribution in [-0.4, -0.2) is 47.2 Å². The molecule has 4 rings (SSSR count). The van der Waals surface area contributed by atoms with E-state index in [1.54, 1.807) is 24.3 Å². The Labute approximate surface area is 224 Å². The lowest BCUT2D eigenvalue weighted by molar-refractivity contribution is -0.127. The van der Waals surface area contributed by atoms with Gasteiger partial charge in [0.2, 0.25) is 0 Å². The van der Waals surface area contributed by atoms with E-state index >= 15 is 0 Å². The zero-order valence-electron chi connectivity index (χ0n) is 22.4. The van der Waals surface area contributed by atoms with Gasteiger partial charge < -0.3 is 19.5 Å². The Hall–Kier alpha value is -3.72. The van der Waals surface area contributed by atoms with Gasteiger partial charge in [-0.25, -0.2) is 8.42 Å². The summed E-state index contributed by atoms with van der Waals surface area (Å²) in [5.41, 5.74) is 2.27. The van der Waals surface area contributed by atoms with Gasteiger partial charge in [0.15, 0.2) is 6.10 Å². The van der Waals surface area contributed by atoms with Gasteiger partial charge in [0.1, 0.15) is 23.9 Å². The summed E-state index contributed by atoms with van der Waals surface area (Å²) >= 11 is 0. The third-order valence-electron chi connectivity index (χ3n) is 6.28. The van der Waals surface area contributed by atoms with Crippen molar-refractivity contribution < 1.29 is 27.4 Å². The summed E-state index contributed by atoms with van der Waals surface area (Å²) in [7, 11) is -2.45. The van der Waals surface area contributed by atoms with E-state index in [9.17, 15) is 13.2 Å². The number of carbonyl (C=O) groups is 1. The summed E-state index contributed by atoms with van der Waals surface area (Å²) in [6, 6.07) is 19.2. The normalized spacial score (nSPS) is 15.3. The van der Waals surface area contributed by atoms with Crippen molar-refractivity contribution in [3.8, 4) is 17.2 Å². The molecule has 3 aromatic carbocycles. The Morgan fingerprint density at radius 1 is 1.08 bits per heavy atom. The molecule has 8 nitrogen and oxygen atoms in total. The number of methoxy groups -OCH3 is 1. The minimum Gasteiger partial charge on any atom is -0.497 e. The predicted molar refractivity (Wildman–Crippen MR) is 147 cm³/mol. The van der Waals surface area contributed by atoms with Crippen LogP contribution >= 0.6 is 0 Å². The van der Waals surface area contributed by atoms with Crippen molar-refractivity contribution in [2.75, 3.05) is 31.1 Å². The number of rotatable bonds is 8. The van der Waals surface area contributed by atoms with Gasteiger partial charge in [-0.1, -0.05) is 45.0 Å². The number of carbonyl (C=O) groups excluding carboxylic acids is 1. The third kappa shape index (κ3) is 5.88. The second kappa shape index (κ2) is 10.9. The van der Waals surface area contributed by atoms with Crippen LogP contribution in [0, 0.1) is 6.92 Å². The van der Waals surface area contributed by atoms with Gasteiger partial charge in [-0.05, 0) is 65.9 Å². The molecule has 9 heteroatoms. The van der Waals surface area contributed by atoms with E-state index in [2.05, 4.69) is 26.1 Å². The average molecular weight is 539 g/mol. The number of ether oxygens (including phenoxy) is 3. The number of aryl methyl sites for hydroxylation is 1. The minimum absolute atomic E-state index is 0.0832. The molecule has 0 fully saturated rings. The van der Waals surface area contributed by atoms with Crippen molar-refractivity contribution in [1.29, 1.82) is 0 Å². The molecule has 1 aliphatic heterocycles. The standard InChI is InChI=1S/C29H34N2O6S/c1-20-10-15-24-26(18-20)37-27(19-31(24)38(33,34)22-13-11-21(35-5)12-14-22)28(32)30-16-17-36-25-9-7-6-8-23(25)29(2,3)4/h6-15,18,27H,16-17,19H2,1-5H3,(H,30,32)/t27-/m1/s1. The molecule has 0 unspecified atom stereocenters. The van der Waals surface area contributed by atoms with E-state index in [0.717, 1.165) is 16.9 Å². The highest BCUT2D eigenvalue weighted by atomic mass is 32.2. The fourth-order valence-corrected chi connectivity index (χ4v) is 5.74. The SMILES string of the molecule is COc1ccc(S(=O)(=O)N2C[C@H](C(=O)NCCOc3ccccc3C(C)(C)C)Oc3cc(C)ccc32)cc1. The highest BCUT2D eigenvalue weighted by Gasteiger charge is 2.37. The van der Waals surface area contributed by atoms with E-state index in [1.807, 2.05) is 37.3 Å². The molecule has 0 bridgehead atoms. The first-order chi connectivity index (χ1) is 18.0. The highest BCUT2D eigenvalue weighted by molar-refractivity contribution is 7.92. The maximum atomic E-state index is 13.6. The van der Waals surface area contributed by atoms with Crippen LogP contribution in [0.5, 0.6) is 17.2 Å². The lowest BCUT2D eigenvalue weighted by Crippen LogP contribution is -2.51. The molecule has 202 valence electrons. The number of nitrogens with zero attached hydrogens (tertiary/aromatic N) is 1. The van der Waals surface area contributed by atoms with E-state index < -0.39 is 22.0 Å². The van der Waals surface area contributed by atoms with Gasteiger partial charge in [-0.2, -0.15) is 0 Å². The summed E-state index contributed by atoms with van der Waals surface area (Å²) in [6.07, 6.45) is -1.03. The number of fused-ring (bicyclic) bond motifs is 1. The molecule has 1 N–H and O–H groups in total. The van der Waals surface area contributed by atoms with Crippen LogP contribution in [-0.2, 0) is 20.2 Å². The second-order valence-electron chi connectivity index (χ2n) is 10.2. The first-order valence-electron chi connectivity index (χ1n) is 12.4. The number of nitrogens with one attached hydrogen (secondary N) is 1. The zero-order chi connectivity index (χ0) is 27.5. The number of benzene rings is 3. The molecule has 1 aliphatic rings. The maximum Gasteiger partial charge on any atom is 0.264 e. The molecule has 0 aliphatic carbocycles. The van der Waals surface area contributed by atoms with Crippen molar-refractivity contribution in [2.45, 2.75) is 44.1 Å².